The second-order valence-electron chi connectivity index (χ2n) is 7.27. The van der Waals surface area contributed by atoms with Crippen LogP contribution in [-0.4, -0.2) is 39.6 Å². The van der Waals surface area contributed by atoms with Crippen molar-refractivity contribution in [3.63, 3.8) is 0 Å². The van der Waals surface area contributed by atoms with Gasteiger partial charge in [0.25, 0.3) is 0 Å². The maximum absolute atomic E-state index is 12.3. The van der Waals surface area contributed by atoms with E-state index in [4.69, 9.17) is 4.74 Å². The zero-order valence-corrected chi connectivity index (χ0v) is 16.8. The van der Waals surface area contributed by atoms with E-state index in [1.165, 1.54) is 0 Å². The van der Waals surface area contributed by atoms with Gasteiger partial charge in [-0.3, -0.25) is 0 Å². The molecule has 2 aromatic rings. The van der Waals surface area contributed by atoms with Crippen LogP contribution in [0.15, 0.2) is 48.5 Å². The fourth-order valence-electron chi connectivity index (χ4n) is 3.20. The summed E-state index contributed by atoms with van der Waals surface area (Å²) in [5, 5.41) is 0. The molecular formula is C21H28N2O3S. The zero-order chi connectivity index (χ0) is 19.3. The van der Waals surface area contributed by atoms with Crippen molar-refractivity contribution in [3.05, 3.63) is 65.2 Å². The van der Waals surface area contributed by atoms with E-state index in [0.717, 1.165) is 48.4 Å². The van der Waals surface area contributed by atoms with Crippen molar-refractivity contribution in [2.45, 2.75) is 38.2 Å². The first kappa shape index (κ1) is 19.9. The van der Waals surface area contributed by atoms with Crippen molar-refractivity contribution in [3.8, 4) is 5.75 Å². The first-order chi connectivity index (χ1) is 12.9. The Morgan fingerprint density at radius 1 is 1.07 bits per heavy atom. The van der Waals surface area contributed by atoms with Crippen LogP contribution in [0, 0.1) is 6.92 Å². The molecule has 1 fully saturated rings. The van der Waals surface area contributed by atoms with Crippen LogP contribution < -0.4 is 9.46 Å². The summed E-state index contributed by atoms with van der Waals surface area (Å²) in [7, 11) is -1.25. The first-order valence-corrected chi connectivity index (χ1v) is 11.0. The standard InChI is InChI=1S/C21H28N2O3S/c1-17-5-3-4-6-19(17)16-27(24,25)22-15-18-7-9-20(10-8-18)26-21-11-13-23(2)14-12-21/h3-10,21-22H,11-16H2,1-2H3. The molecule has 0 atom stereocenters. The van der Waals surface area contributed by atoms with Gasteiger partial charge in [-0.15, -0.1) is 0 Å². The third-order valence-corrected chi connectivity index (χ3v) is 6.27. The Kier molecular flexibility index (Phi) is 6.52. The maximum atomic E-state index is 12.3. The van der Waals surface area contributed by atoms with E-state index in [-0.39, 0.29) is 18.4 Å². The highest BCUT2D eigenvalue weighted by Gasteiger charge is 2.18. The molecule has 1 saturated heterocycles. The lowest BCUT2D eigenvalue weighted by molar-refractivity contribution is 0.114. The average molecular weight is 389 g/mol. The Morgan fingerprint density at radius 2 is 1.74 bits per heavy atom. The topological polar surface area (TPSA) is 58.6 Å². The molecule has 0 bridgehead atoms. The van der Waals surface area contributed by atoms with E-state index in [2.05, 4.69) is 16.7 Å². The summed E-state index contributed by atoms with van der Waals surface area (Å²) in [6, 6.07) is 15.2. The van der Waals surface area contributed by atoms with Gasteiger partial charge in [0.15, 0.2) is 0 Å². The van der Waals surface area contributed by atoms with Gasteiger partial charge in [-0.2, -0.15) is 0 Å². The quantitative estimate of drug-likeness (QED) is 0.792. The lowest BCUT2D eigenvalue weighted by Gasteiger charge is -2.29. The van der Waals surface area contributed by atoms with Crippen molar-refractivity contribution in [2.75, 3.05) is 20.1 Å². The van der Waals surface area contributed by atoms with Crippen LogP contribution in [0.25, 0.3) is 0 Å². The lowest BCUT2D eigenvalue weighted by atomic mass is 10.1. The summed E-state index contributed by atoms with van der Waals surface area (Å²) >= 11 is 0. The maximum Gasteiger partial charge on any atom is 0.216 e. The van der Waals surface area contributed by atoms with Gasteiger partial charge in [0.1, 0.15) is 11.9 Å². The molecule has 6 heteroatoms. The number of aryl methyl sites for hydroxylation is 1. The molecule has 0 spiro atoms. The van der Waals surface area contributed by atoms with E-state index in [1.54, 1.807) is 0 Å². The Labute approximate surface area is 162 Å². The Balaban J connectivity index is 1.51. The predicted molar refractivity (Wildman–Crippen MR) is 108 cm³/mol. The minimum atomic E-state index is -3.38. The molecule has 2 aromatic carbocycles. The van der Waals surface area contributed by atoms with Crippen LogP contribution in [-0.2, 0) is 22.3 Å². The zero-order valence-electron chi connectivity index (χ0n) is 16.0. The summed E-state index contributed by atoms with van der Waals surface area (Å²) in [6.07, 6.45) is 2.34. The van der Waals surface area contributed by atoms with Gasteiger partial charge in [-0.25, -0.2) is 13.1 Å². The normalized spacial score (nSPS) is 16.4. The number of rotatable bonds is 7. The van der Waals surface area contributed by atoms with Gasteiger partial charge < -0.3 is 9.64 Å². The first-order valence-electron chi connectivity index (χ1n) is 9.37. The van der Waals surface area contributed by atoms with Gasteiger partial charge in [-0.1, -0.05) is 36.4 Å². The number of ether oxygens (including phenoxy) is 1. The van der Waals surface area contributed by atoms with Gasteiger partial charge in [0.05, 0.1) is 5.75 Å². The number of nitrogens with zero attached hydrogens (tertiary/aromatic N) is 1. The highest BCUT2D eigenvalue weighted by molar-refractivity contribution is 7.88. The highest BCUT2D eigenvalue weighted by Crippen LogP contribution is 2.19. The molecule has 1 aliphatic heterocycles. The molecule has 1 heterocycles. The second-order valence-corrected chi connectivity index (χ2v) is 9.08. The molecule has 1 aliphatic rings. The van der Waals surface area contributed by atoms with Crippen molar-refractivity contribution >= 4 is 10.0 Å². The van der Waals surface area contributed by atoms with Gasteiger partial charge in [-0.05, 0) is 55.6 Å². The number of benzene rings is 2. The summed E-state index contributed by atoms with van der Waals surface area (Å²) in [5.41, 5.74) is 2.73. The molecule has 1 N–H and O–H groups in total. The molecule has 146 valence electrons. The number of sulfonamides is 1. The van der Waals surface area contributed by atoms with E-state index < -0.39 is 10.0 Å². The number of hydrogen-bond donors (Lipinski definition) is 1. The minimum Gasteiger partial charge on any atom is -0.490 e. The third-order valence-electron chi connectivity index (χ3n) is 4.99. The largest absolute Gasteiger partial charge is 0.490 e. The predicted octanol–water partition coefficient (Wildman–Crippen LogP) is 3.09. The Bertz CT molecular complexity index is 842. The monoisotopic (exact) mass is 388 g/mol. The number of hydrogen-bond acceptors (Lipinski definition) is 4. The average Bonchev–Trinajstić information content (AvgIpc) is 2.65. The van der Waals surface area contributed by atoms with Gasteiger partial charge >= 0.3 is 0 Å². The van der Waals surface area contributed by atoms with Crippen LogP contribution in [0.1, 0.15) is 29.5 Å². The third kappa shape index (κ3) is 6.06. The van der Waals surface area contributed by atoms with E-state index in [9.17, 15) is 8.42 Å². The molecule has 0 saturated carbocycles. The molecule has 5 nitrogen and oxygen atoms in total. The lowest BCUT2D eigenvalue weighted by Crippen LogP contribution is -2.35. The fourth-order valence-corrected chi connectivity index (χ4v) is 4.42. The summed E-state index contributed by atoms with van der Waals surface area (Å²) in [5.74, 6) is 0.841. The number of nitrogens with one attached hydrogen (secondary N) is 1. The van der Waals surface area contributed by atoms with Crippen molar-refractivity contribution in [2.24, 2.45) is 0 Å². The van der Waals surface area contributed by atoms with E-state index in [0.29, 0.717) is 0 Å². The summed E-state index contributed by atoms with van der Waals surface area (Å²) in [4.78, 5) is 2.31. The molecule has 0 aromatic heterocycles. The van der Waals surface area contributed by atoms with Crippen LogP contribution >= 0.6 is 0 Å². The van der Waals surface area contributed by atoms with Crippen LogP contribution in [0.2, 0.25) is 0 Å². The SMILES string of the molecule is Cc1ccccc1CS(=O)(=O)NCc1ccc(OC2CCN(C)CC2)cc1. The Morgan fingerprint density at radius 3 is 2.41 bits per heavy atom. The highest BCUT2D eigenvalue weighted by atomic mass is 32.2. The van der Waals surface area contributed by atoms with Gasteiger partial charge in [0, 0.05) is 19.6 Å². The number of piperidine rings is 1. The molecule has 0 aliphatic carbocycles. The molecule has 27 heavy (non-hydrogen) atoms. The van der Waals surface area contributed by atoms with Crippen molar-refractivity contribution in [1.82, 2.24) is 9.62 Å². The van der Waals surface area contributed by atoms with Crippen LogP contribution in [0.3, 0.4) is 0 Å². The molecule has 0 radical (unpaired) electrons. The molecule has 0 amide bonds. The molecular weight excluding hydrogens is 360 g/mol. The summed E-state index contributed by atoms with van der Waals surface area (Å²) < 4.78 is 33.4. The number of likely N-dealkylation sites (tertiary alicyclic amines) is 1. The smallest absolute Gasteiger partial charge is 0.216 e. The van der Waals surface area contributed by atoms with Crippen LogP contribution in [0.5, 0.6) is 5.75 Å². The van der Waals surface area contributed by atoms with Crippen molar-refractivity contribution in [1.29, 1.82) is 0 Å². The Hall–Kier alpha value is -1.89. The second kappa shape index (κ2) is 8.87. The summed E-state index contributed by atoms with van der Waals surface area (Å²) in [6.45, 7) is 4.33. The molecule has 0 unspecified atom stereocenters. The molecule has 3 rings (SSSR count). The van der Waals surface area contributed by atoms with Crippen LogP contribution in [0.4, 0.5) is 0 Å². The van der Waals surface area contributed by atoms with E-state index >= 15 is 0 Å². The minimum absolute atomic E-state index is 0.00298. The fraction of sp³-hybridized carbons (Fsp3) is 0.429. The van der Waals surface area contributed by atoms with Gasteiger partial charge in [0.2, 0.25) is 10.0 Å². The van der Waals surface area contributed by atoms with Crippen molar-refractivity contribution < 1.29 is 13.2 Å². The van der Waals surface area contributed by atoms with E-state index in [1.807, 2.05) is 55.5 Å².